The zero-order valence-electron chi connectivity index (χ0n) is 27.1. The Labute approximate surface area is 248 Å². The Morgan fingerprint density at radius 2 is 1.46 bits per heavy atom. The molecule has 41 heavy (non-hydrogen) atoms. The molecular weight excluding hydrogens is 520 g/mol. The van der Waals surface area contributed by atoms with Gasteiger partial charge in [0.1, 0.15) is 12.1 Å². The third-order valence-corrected chi connectivity index (χ3v) is 9.42. The molecule has 3 fully saturated rings. The van der Waals surface area contributed by atoms with Crippen LogP contribution < -0.4 is 5.32 Å². The molecule has 5 atom stereocenters. The number of likely N-dealkylation sites (N-methyl/N-ethyl adjacent to an activating group) is 3. The van der Waals surface area contributed by atoms with E-state index in [1.807, 2.05) is 34.9 Å². The second-order valence-electron chi connectivity index (χ2n) is 14.1. The molecule has 0 saturated carbocycles. The van der Waals surface area contributed by atoms with Crippen molar-refractivity contribution in [3.8, 4) is 0 Å². The molecule has 234 valence electrons. The van der Waals surface area contributed by atoms with Crippen molar-refractivity contribution < 1.29 is 19.2 Å². The number of hydrogen-bond donors (Lipinski definition) is 1. The molecule has 3 aliphatic heterocycles. The molecule has 0 aromatic rings. The van der Waals surface area contributed by atoms with Crippen LogP contribution in [0.4, 0.5) is 0 Å². The van der Waals surface area contributed by atoms with Crippen LogP contribution in [0.5, 0.6) is 0 Å². The standard InChI is InChI=1S/C31H56N6O4/c1-21(2)25(20-36-18-12-15-23(36)29(40)37-19-13-16-24(37)28(39)33(6)7)35(9)30(41)26(31(3,4)5)32-27(38)22-14-10-11-17-34(22)8/h21-26H,10-20H2,1-9H3,(H,32,38)/t22-,23+,24?,25-,26-/m1/s1. The number of carbonyl (C=O) groups excluding carboxylic acids is 4. The van der Waals surface area contributed by atoms with Crippen LogP contribution in [0, 0.1) is 11.3 Å². The molecule has 3 saturated heterocycles. The lowest BCUT2D eigenvalue weighted by atomic mass is 9.84. The SMILES string of the molecule is CC(C)[C@@H](CN1CCC[C@H]1C(=O)N1CCCC1C(=O)N(C)C)N(C)C(=O)[C@@H](NC(=O)[C@H]1CCCCN1C)C(C)(C)C. The van der Waals surface area contributed by atoms with Crippen molar-refractivity contribution in [2.75, 3.05) is 54.4 Å². The van der Waals surface area contributed by atoms with Gasteiger partial charge in [0, 0.05) is 40.3 Å². The topological polar surface area (TPSA) is 96.5 Å². The molecule has 0 radical (unpaired) electrons. The van der Waals surface area contributed by atoms with E-state index in [0.717, 1.165) is 51.6 Å². The first-order valence-corrected chi connectivity index (χ1v) is 15.7. The van der Waals surface area contributed by atoms with Crippen molar-refractivity contribution in [1.29, 1.82) is 0 Å². The lowest BCUT2D eigenvalue weighted by molar-refractivity contribution is -0.146. The zero-order chi connectivity index (χ0) is 30.6. The van der Waals surface area contributed by atoms with Gasteiger partial charge in [0.2, 0.25) is 23.6 Å². The first kappa shape index (κ1) is 33.3. The van der Waals surface area contributed by atoms with Gasteiger partial charge in [-0.05, 0) is 70.0 Å². The van der Waals surface area contributed by atoms with Gasteiger partial charge < -0.3 is 20.0 Å². The highest BCUT2D eigenvalue weighted by Gasteiger charge is 2.43. The molecule has 3 heterocycles. The summed E-state index contributed by atoms with van der Waals surface area (Å²) in [6.07, 6.45) is 6.13. The Hall–Kier alpha value is -2.20. The molecule has 1 unspecified atom stereocenters. The molecule has 3 aliphatic rings. The van der Waals surface area contributed by atoms with E-state index >= 15 is 0 Å². The fraction of sp³-hybridized carbons (Fsp3) is 0.871. The van der Waals surface area contributed by atoms with Gasteiger partial charge in [-0.25, -0.2) is 0 Å². The smallest absolute Gasteiger partial charge is 0.245 e. The zero-order valence-corrected chi connectivity index (χ0v) is 27.1. The average Bonchev–Trinajstić information content (AvgIpc) is 3.58. The second-order valence-corrected chi connectivity index (χ2v) is 14.1. The normalized spacial score (nSPS) is 25.7. The lowest BCUT2D eigenvalue weighted by Crippen LogP contribution is -2.61. The first-order chi connectivity index (χ1) is 19.1. The summed E-state index contributed by atoms with van der Waals surface area (Å²) in [6, 6.07) is -1.67. The molecule has 0 aromatic carbocycles. The van der Waals surface area contributed by atoms with Crippen molar-refractivity contribution >= 4 is 23.6 Å². The Morgan fingerprint density at radius 3 is 2.05 bits per heavy atom. The number of carbonyl (C=O) groups is 4. The van der Waals surface area contributed by atoms with Gasteiger partial charge in [0.05, 0.1) is 12.1 Å². The van der Waals surface area contributed by atoms with E-state index < -0.39 is 11.5 Å². The number of nitrogens with one attached hydrogen (secondary N) is 1. The highest BCUT2D eigenvalue weighted by Crippen LogP contribution is 2.28. The maximum Gasteiger partial charge on any atom is 0.245 e. The van der Waals surface area contributed by atoms with Crippen LogP contribution in [0.25, 0.3) is 0 Å². The van der Waals surface area contributed by atoms with Crippen molar-refractivity contribution in [2.24, 2.45) is 11.3 Å². The van der Waals surface area contributed by atoms with Gasteiger partial charge in [0.25, 0.3) is 0 Å². The quantitative estimate of drug-likeness (QED) is 0.451. The van der Waals surface area contributed by atoms with E-state index in [2.05, 4.69) is 29.0 Å². The summed E-state index contributed by atoms with van der Waals surface area (Å²) in [5.74, 6) is -0.00145. The van der Waals surface area contributed by atoms with E-state index in [9.17, 15) is 19.2 Å². The maximum atomic E-state index is 14.1. The average molecular weight is 577 g/mol. The van der Waals surface area contributed by atoms with Crippen molar-refractivity contribution in [3.05, 3.63) is 0 Å². The fourth-order valence-corrected chi connectivity index (χ4v) is 6.78. The van der Waals surface area contributed by atoms with Crippen LogP contribution in [0.2, 0.25) is 0 Å². The van der Waals surface area contributed by atoms with Gasteiger partial charge in [-0.3, -0.25) is 29.0 Å². The Bertz CT molecular complexity index is 947. The fourth-order valence-electron chi connectivity index (χ4n) is 6.78. The first-order valence-electron chi connectivity index (χ1n) is 15.7. The van der Waals surface area contributed by atoms with E-state index in [0.29, 0.717) is 19.5 Å². The van der Waals surface area contributed by atoms with Crippen molar-refractivity contribution in [2.45, 2.75) is 110 Å². The monoisotopic (exact) mass is 576 g/mol. The lowest BCUT2D eigenvalue weighted by Gasteiger charge is -2.41. The van der Waals surface area contributed by atoms with E-state index in [4.69, 9.17) is 0 Å². The van der Waals surface area contributed by atoms with Crippen LogP contribution in [0.1, 0.15) is 79.6 Å². The minimum Gasteiger partial charge on any atom is -0.347 e. The van der Waals surface area contributed by atoms with Crippen molar-refractivity contribution in [1.82, 2.24) is 29.8 Å². The molecule has 4 amide bonds. The van der Waals surface area contributed by atoms with Gasteiger partial charge in [-0.2, -0.15) is 0 Å². The van der Waals surface area contributed by atoms with Gasteiger partial charge >= 0.3 is 0 Å². The number of hydrogen-bond acceptors (Lipinski definition) is 6. The minimum atomic E-state index is -0.657. The summed E-state index contributed by atoms with van der Waals surface area (Å²) >= 11 is 0. The van der Waals surface area contributed by atoms with Crippen LogP contribution in [0.3, 0.4) is 0 Å². The molecule has 1 N–H and O–H groups in total. The number of likely N-dealkylation sites (tertiary alicyclic amines) is 3. The number of rotatable bonds is 9. The molecule has 10 nitrogen and oxygen atoms in total. The summed E-state index contributed by atoms with van der Waals surface area (Å²) in [4.78, 5) is 63.4. The summed E-state index contributed by atoms with van der Waals surface area (Å²) in [7, 11) is 7.30. The maximum absolute atomic E-state index is 14.1. The summed E-state index contributed by atoms with van der Waals surface area (Å²) in [5.41, 5.74) is -0.467. The Morgan fingerprint density at radius 1 is 0.854 bits per heavy atom. The molecule has 0 aromatic heterocycles. The van der Waals surface area contributed by atoms with E-state index in [1.165, 1.54) is 0 Å². The van der Waals surface area contributed by atoms with Crippen LogP contribution in [-0.4, -0.2) is 133 Å². The number of piperidine rings is 1. The summed E-state index contributed by atoms with van der Waals surface area (Å²) in [5, 5.41) is 3.13. The van der Waals surface area contributed by atoms with Crippen LogP contribution >= 0.6 is 0 Å². The molecule has 0 aliphatic carbocycles. The molecule has 10 heteroatoms. The minimum absolute atomic E-state index is 0.0135. The highest BCUT2D eigenvalue weighted by molar-refractivity contribution is 5.91. The predicted molar refractivity (Wildman–Crippen MR) is 161 cm³/mol. The highest BCUT2D eigenvalue weighted by atomic mass is 16.2. The molecular formula is C31H56N6O4. The number of nitrogens with zero attached hydrogens (tertiary/aromatic N) is 5. The third-order valence-electron chi connectivity index (χ3n) is 9.42. The van der Waals surface area contributed by atoms with E-state index in [1.54, 1.807) is 28.8 Å². The Balaban J connectivity index is 1.74. The van der Waals surface area contributed by atoms with Crippen molar-refractivity contribution in [3.63, 3.8) is 0 Å². The van der Waals surface area contributed by atoms with Gasteiger partial charge in [-0.15, -0.1) is 0 Å². The molecule has 0 spiro atoms. The summed E-state index contributed by atoms with van der Waals surface area (Å²) in [6.45, 7) is 13.1. The van der Waals surface area contributed by atoms with Crippen LogP contribution in [-0.2, 0) is 19.2 Å². The summed E-state index contributed by atoms with van der Waals surface area (Å²) < 4.78 is 0. The van der Waals surface area contributed by atoms with Gasteiger partial charge in [-0.1, -0.05) is 41.0 Å². The largest absolute Gasteiger partial charge is 0.347 e. The molecule has 0 bridgehead atoms. The predicted octanol–water partition coefficient (Wildman–Crippen LogP) is 2.03. The third kappa shape index (κ3) is 7.80. The second kappa shape index (κ2) is 13.8. The molecule has 3 rings (SSSR count). The number of amides is 4. The Kier molecular flexibility index (Phi) is 11.2. The van der Waals surface area contributed by atoms with E-state index in [-0.39, 0.29) is 53.7 Å². The van der Waals surface area contributed by atoms with Gasteiger partial charge in [0.15, 0.2) is 0 Å². The van der Waals surface area contributed by atoms with Crippen LogP contribution in [0.15, 0.2) is 0 Å².